The van der Waals surface area contributed by atoms with Crippen molar-refractivity contribution in [1.29, 1.82) is 0 Å². The van der Waals surface area contributed by atoms with Crippen LogP contribution in [0.4, 0.5) is 0 Å². The molecule has 1 atom stereocenters. The van der Waals surface area contributed by atoms with Gasteiger partial charge in [-0.05, 0) is 23.6 Å². The summed E-state index contributed by atoms with van der Waals surface area (Å²) in [5, 5.41) is 11.9. The lowest BCUT2D eigenvalue weighted by Gasteiger charge is -2.23. The van der Waals surface area contributed by atoms with Crippen molar-refractivity contribution in [2.45, 2.75) is 6.04 Å². The maximum absolute atomic E-state index is 12.0. The van der Waals surface area contributed by atoms with Crippen LogP contribution in [0.1, 0.15) is 16.5 Å². The second kappa shape index (κ2) is 5.18. The van der Waals surface area contributed by atoms with Gasteiger partial charge in [0.1, 0.15) is 5.75 Å². The van der Waals surface area contributed by atoms with E-state index in [0.29, 0.717) is 5.56 Å². The van der Waals surface area contributed by atoms with Gasteiger partial charge in [0, 0.05) is 5.56 Å². The van der Waals surface area contributed by atoms with Crippen molar-refractivity contribution in [2.24, 2.45) is 0 Å². The lowest BCUT2D eigenvalue weighted by Crippen LogP contribution is -2.38. The number of phenols is 1. The number of nitrogens with zero attached hydrogens (tertiary/aromatic N) is 1. The Labute approximate surface area is 127 Å². The van der Waals surface area contributed by atoms with Gasteiger partial charge in [0.25, 0.3) is 0 Å². The molecule has 2 heterocycles. The molecule has 2 N–H and O–H groups in total. The Morgan fingerprint density at radius 2 is 2.00 bits per heavy atom. The number of aromatic hydroxyl groups is 1. The van der Waals surface area contributed by atoms with E-state index >= 15 is 0 Å². The first-order valence-electron chi connectivity index (χ1n) is 6.26. The molecule has 1 aliphatic rings. The lowest BCUT2D eigenvalue weighted by atomic mass is 10.1. The Kier molecular flexibility index (Phi) is 3.48. The van der Waals surface area contributed by atoms with Crippen molar-refractivity contribution in [3.63, 3.8) is 0 Å². The summed E-state index contributed by atoms with van der Waals surface area (Å²) in [7, 11) is -3.48. The molecule has 110 valence electrons. The van der Waals surface area contributed by atoms with Gasteiger partial charge in [-0.15, -0.1) is 15.8 Å². The monoisotopic (exact) mass is 322 g/mol. The molecule has 0 saturated heterocycles. The Balaban J connectivity index is 2.07. The molecule has 2 aromatic rings. The Morgan fingerprint density at radius 1 is 1.24 bits per heavy atom. The van der Waals surface area contributed by atoms with Crippen LogP contribution in [0.5, 0.6) is 5.75 Å². The fourth-order valence-corrected chi connectivity index (χ4v) is 3.82. The van der Waals surface area contributed by atoms with Gasteiger partial charge in [-0.1, -0.05) is 24.3 Å². The van der Waals surface area contributed by atoms with Gasteiger partial charge >= 0.3 is 0 Å². The van der Waals surface area contributed by atoms with Crippen molar-refractivity contribution in [1.82, 2.24) is 9.84 Å². The predicted octanol–water partition coefficient (Wildman–Crippen LogP) is 2.32. The van der Waals surface area contributed by atoms with Crippen molar-refractivity contribution in [3.8, 4) is 5.75 Å². The summed E-state index contributed by atoms with van der Waals surface area (Å²) < 4.78 is 25.2. The topological polar surface area (TPSA) is 69.6 Å². The van der Waals surface area contributed by atoms with Crippen LogP contribution in [0, 0.1) is 0 Å². The van der Waals surface area contributed by atoms with Crippen molar-refractivity contribution < 1.29 is 13.5 Å². The van der Waals surface area contributed by atoms with E-state index in [2.05, 4.69) is 5.43 Å². The lowest BCUT2D eigenvalue weighted by molar-refractivity contribution is 0.342. The van der Waals surface area contributed by atoms with E-state index in [0.717, 1.165) is 21.2 Å². The summed E-state index contributed by atoms with van der Waals surface area (Å²) in [6, 6.07) is 9.99. The van der Waals surface area contributed by atoms with Gasteiger partial charge in [0.2, 0.25) is 10.0 Å². The molecule has 1 aromatic carbocycles. The standard InChI is InChI=1S/C14H14N2O3S2/c1-21(18,19)16-12(10-5-2-3-6-13(10)17)9-11(15-16)14-7-4-8-20-14/h2-9,12,15,17H,1H3/t12-/m0/s1. The summed E-state index contributed by atoms with van der Waals surface area (Å²) in [6.45, 7) is 0. The summed E-state index contributed by atoms with van der Waals surface area (Å²) in [6.07, 6.45) is 2.94. The van der Waals surface area contributed by atoms with Crippen LogP contribution >= 0.6 is 11.3 Å². The smallest absolute Gasteiger partial charge is 0.228 e. The molecule has 0 amide bonds. The van der Waals surface area contributed by atoms with Crippen LogP contribution in [0.15, 0.2) is 47.9 Å². The quantitative estimate of drug-likeness (QED) is 0.910. The SMILES string of the molecule is CS(=O)(=O)N1NC(c2cccs2)=C[C@H]1c1ccccc1O. The minimum atomic E-state index is -3.48. The Bertz CT molecular complexity index is 782. The van der Waals surface area contributed by atoms with Crippen molar-refractivity contribution in [2.75, 3.05) is 6.26 Å². The molecular weight excluding hydrogens is 308 g/mol. The number of phenolic OH excluding ortho intramolecular Hbond substituents is 1. The molecule has 0 aliphatic carbocycles. The molecule has 1 aromatic heterocycles. The molecule has 5 nitrogen and oxygen atoms in total. The average Bonchev–Trinajstić information content (AvgIpc) is 3.07. The first kappa shape index (κ1) is 14.1. The van der Waals surface area contributed by atoms with Crippen LogP contribution in [0.3, 0.4) is 0 Å². The maximum atomic E-state index is 12.0. The average molecular weight is 322 g/mol. The molecule has 0 bridgehead atoms. The third kappa shape index (κ3) is 2.67. The van der Waals surface area contributed by atoms with E-state index in [1.165, 1.54) is 11.3 Å². The first-order valence-corrected chi connectivity index (χ1v) is 8.99. The number of hydrogen-bond acceptors (Lipinski definition) is 5. The van der Waals surface area contributed by atoms with Gasteiger partial charge in [0.15, 0.2) is 0 Å². The molecular formula is C14H14N2O3S2. The highest BCUT2D eigenvalue weighted by Gasteiger charge is 2.34. The first-order chi connectivity index (χ1) is 9.97. The maximum Gasteiger partial charge on any atom is 0.228 e. The van der Waals surface area contributed by atoms with Crippen LogP contribution in [-0.4, -0.2) is 24.2 Å². The molecule has 0 saturated carbocycles. The van der Waals surface area contributed by atoms with Gasteiger partial charge < -0.3 is 10.5 Å². The van der Waals surface area contributed by atoms with E-state index in [1.807, 2.05) is 23.6 Å². The van der Waals surface area contributed by atoms with Gasteiger partial charge in [-0.3, -0.25) is 0 Å². The number of para-hydroxylation sites is 1. The number of thiophene rings is 1. The zero-order chi connectivity index (χ0) is 15.0. The van der Waals surface area contributed by atoms with Crippen molar-refractivity contribution in [3.05, 3.63) is 58.3 Å². The van der Waals surface area contributed by atoms with Gasteiger partial charge in [-0.2, -0.15) is 0 Å². The second-order valence-corrected chi connectivity index (χ2v) is 7.54. The number of sulfonamides is 1. The highest BCUT2D eigenvalue weighted by Crippen LogP contribution is 2.37. The van der Waals surface area contributed by atoms with Crippen molar-refractivity contribution >= 4 is 27.1 Å². The largest absolute Gasteiger partial charge is 0.508 e. The summed E-state index contributed by atoms with van der Waals surface area (Å²) in [5.74, 6) is 0.0710. The predicted molar refractivity (Wildman–Crippen MR) is 83.0 cm³/mol. The van der Waals surface area contributed by atoms with E-state index in [-0.39, 0.29) is 5.75 Å². The zero-order valence-electron chi connectivity index (χ0n) is 11.2. The number of benzene rings is 1. The molecule has 3 rings (SSSR count). The van der Waals surface area contributed by atoms with Gasteiger partial charge in [0.05, 0.1) is 22.9 Å². The molecule has 0 fully saturated rings. The number of hydrogen-bond donors (Lipinski definition) is 2. The van der Waals surface area contributed by atoms with Crippen LogP contribution in [0.2, 0.25) is 0 Å². The molecule has 0 radical (unpaired) electrons. The third-order valence-corrected chi connectivity index (χ3v) is 5.14. The molecule has 21 heavy (non-hydrogen) atoms. The van der Waals surface area contributed by atoms with Crippen LogP contribution < -0.4 is 5.43 Å². The normalized spacial score (nSPS) is 19.3. The molecule has 0 unspecified atom stereocenters. The second-order valence-electron chi connectivity index (χ2n) is 4.73. The third-order valence-electron chi connectivity index (χ3n) is 3.21. The zero-order valence-corrected chi connectivity index (χ0v) is 12.9. The number of hydrazine groups is 1. The molecule has 1 aliphatic heterocycles. The van der Waals surface area contributed by atoms with Crippen LogP contribution in [0.25, 0.3) is 5.70 Å². The minimum absolute atomic E-state index is 0.0710. The summed E-state index contributed by atoms with van der Waals surface area (Å²) >= 11 is 1.52. The van der Waals surface area contributed by atoms with E-state index < -0.39 is 16.1 Å². The molecule has 0 spiro atoms. The van der Waals surface area contributed by atoms with E-state index in [9.17, 15) is 13.5 Å². The summed E-state index contributed by atoms with van der Waals surface area (Å²) in [4.78, 5) is 0.946. The van der Waals surface area contributed by atoms with E-state index in [4.69, 9.17) is 0 Å². The fraction of sp³-hybridized carbons (Fsp3) is 0.143. The Hall–Kier alpha value is -1.83. The minimum Gasteiger partial charge on any atom is -0.508 e. The Morgan fingerprint density at radius 3 is 2.62 bits per heavy atom. The number of nitrogens with one attached hydrogen (secondary N) is 1. The number of rotatable bonds is 3. The highest BCUT2D eigenvalue weighted by molar-refractivity contribution is 7.88. The molecule has 7 heteroatoms. The highest BCUT2D eigenvalue weighted by atomic mass is 32.2. The van der Waals surface area contributed by atoms with Gasteiger partial charge in [-0.25, -0.2) is 8.42 Å². The van der Waals surface area contributed by atoms with E-state index in [1.54, 1.807) is 24.3 Å². The van der Waals surface area contributed by atoms with Crippen LogP contribution in [-0.2, 0) is 10.0 Å². The fourth-order valence-electron chi connectivity index (χ4n) is 2.26. The summed E-state index contributed by atoms with van der Waals surface area (Å²) in [5.41, 5.74) is 4.18.